The van der Waals surface area contributed by atoms with Crippen LogP contribution in [0.15, 0.2) is 12.1 Å². The number of halogens is 1. The lowest BCUT2D eigenvalue weighted by atomic mass is 9.79. The fourth-order valence-electron chi connectivity index (χ4n) is 3.77. The fraction of sp³-hybridized carbons (Fsp3) is 0.600. The Hall–Kier alpha value is -0.740. The summed E-state index contributed by atoms with van der Waals surface area (Å²) >= 11 is 0. The summed E-state index contributed by atoms with van der Waals surface area (Å²) in [5.74, 6) is 0.683. The van der Waals surface area contributed by atoms with Gasteiger partial charge in [-0.3, -0.25) is 4.90 Å². The molecule has 1 aliphatic carbocycles. The van der Waals surface area contributed by atoms with Gasteiger partial charge in [-0.25, -0.2) is 0 Å². The van der Waals surface area contributed by atoms with Crippen LogP contribution >= 0.6 is 17.0 Å². The summed E-state index contributed by atoms with van der Waals surface area (Å²) in [7, 11) is 0. The van der Waals surface area contributed by atoms with E-state index in [1.165, 1.54) is 31.5 Å². The highest BCUT2D eigenvalue weighted by Gasteiger charge is 2.39. The van der Waals surface area contributed by atoms with Crippen molar-refractivity contribution in [3.8, 4) is 11.5 Å². The van der Waals surface area contributed by atoms with Crippen molar-refractivity contribution in [3.05, 3.63) is 23.3 Å². The lowest BCUT2D eigenvalue weighted by Gasteiger charge is -2.33. The Morgan fingerprint density at radius 2 is 2.05 bits per heavy atom. The zero-order valence-electron chi connectivity index (χ0n) is 11.3. The smallest absolute Gasteiger partial charge is 0.160 e. The molecule has 1 aromatic rings. The van der Waals surface area contributed by atoms with E-state index < -0.39 is 0 Å². The van der Waals surface area contributed by atoms with Gasteiger partial charge < -0.3 is 10.2 Å². The van der Waals surface area contributed by atoms with E-state index in [0.29, 0.717) is 12.0 Å². The molecule has 2 aliphatic rings. The van der Waals surface area contributed by atoms with E-state index in [2.05, 4.69) is 11.8 Å². The van der Waals surface area contributed by atoms with E-state index in [-0.39, 0.29) is 28.5 Å². The van der Waals surface area contributed by atoms with Gasteiger partial charge in [0, 0.05) is 17.5 Å². The molecule has 2 N–H and O–H groups in total. The third-order valence-electron chi connectivity index (χ3n) is 4.56. The normalized spacial score (nSPS) is 25.5. The molecule has 19 heavy (non-hydrogen) atoms. The molecule has 0 bridgehead atoms. The van der Waals surface area contributed by atoms with Gasteiger partial charge in [0.2, 0.25) is 0 Å². The molecule has 3 rings (SSSR count). The Kier molecular flexibility index (Phi) is 4.41. The Morgan fingerprint density at radius 3 is 2.79 bits per heavy atom. The number of rotatable bonds is 2. The second-order valence-electron chi connectivity index (χ2n) is 5.54. The third kappa shape index (κ3) is 2.36. The van der Waals surface area contributed by atoms with Crippen LogP contribution in [0, 0.1) is 0 Å². The van der Waals surface area contributed by atoms with Crippen molar-refractivity contribution >= 4 is 17.0 Å². The molecule has 0 amide bonds. The Balaban J connectivity index is 0.00000133. The molecule has 1 fully saturated rings. The molecule has 1 aliphatic heterocycles. The summed E-state index contributed by atoms with van der Waals surface area (Å²) in [5, 5.41) is 19.6. The molecule has 4 heteroatoms. The Morgan fingerprint density at radius 1 is 1.26 bits per heavy atom. The van der Waals surface area contributed by atoms with Gasteiger partial charge in [0.25, 0.3) is 0 Å². The molecule has 0 spiro atoms. The summed E-state index contributed by atoms with van der Waals surface area (Å²) in [5.41, 5.74) is 2.25. The number of fused-ring (bicyclic) bond motifs is 3. The van der Waals surface area contributed by atoms with Gasteiger partial charge in [0.05, 0.1) is 0 Å². The van der Waals surface area contributed by atoms with Crippen LogP contribution in [0.25, 0.3) is 0 Å². The van der Waals surface area contributed by atoms with Crippen LogP contribution in [0.1, 0.15) is 43.2 Å². The summed E-state index contributed by atoms with van der Waals surface area (Å²) in [6, 6.07) is 4.29. The number of phenolic OH excluding ortho intramolecular Hbond substituents is 2. The van der Waals surface area contributed by atoms with Crippen LogP contribution in [0.2, 0.25) is 0 Å². The van der Waals surface area contributed by atoms with Gasteiger partial charge in [-0.2, -0.15) is 0 Å². The molecule has 2 atom stereocenters. The summed E-state index contributed by atoms with van der Waals surface area (Å²) in [6.45, 7) is 4.58. The zero-order chi connectivity index (χ0) is 12.7. The van der Waals surface area contributed by atoms with Crippen molar-refractivity contribution in [3.63, 3.8) is 0 Å². The predicted molar refractivity (Wildman–Crippen MR) is 81.4 cm³/mol. The Bertz CT molecular complexity index is 464. The number of benzene rings is 1. The highest BCUT2D eigenvalue weighted by Crippen LogP contribution is 2.46. The number of aromatic hydroxyl groups is 2. The molecular weight excluding hydrogens is 306 g/mol. The minimum absolute atomic E-state index is 0. The monoisotopic (exact) mass is 327 g/mol. The van der Waals surface area contributed by atoms with Crippen molar-refractivity contribution in [1.29, 1.82) is 0 Å². The van der Waals surface area contributed by atoms with Crippen molar-refractivity contribution in [2.24, 2.45) is 0 Å². The molecular formula is C15H22BrNO2. The number of nitrogens with zero attached hydrogens (tertiary/aromatic N) is 1. The van der Waals surface area contributed by atoms with E-state index in [1.54, 1.807) is 6.07 Å². The molecule has 1 aromatic carbocycles. The maximum Gasteiger partial charge on any atom is 0.160 e. The van der Waals surface area contributed by atoms with Crippen LogP contribution in [0.4, 0.5) is 0 Å². The van der Waals surface area contributed by atoms with Crippen LogP contribution < -0.4 is 0 Å². The topological polar surface area (TPSA) is 43.7 Å². The lowest BCUT2D eigenvalue weighted by molar-refractivity contribution is 0.226. The highest BCUT2D eigenvalue weighted by atomic mass is 79.9. The molecule has 0 unspecified atom stereocenters. The molecule has 0 saturated carbocycles. The fourth-order valence-corrected chi connectivity index (χ4v) is 3.77. The lowest BCUT2D eigenvalue weighted by Crippen LogP contribution is -2.35. The van der Waals surface area contributed by atoms with Crippen LogP contribution in [-0.4, -0.2) is 34.2 Å². The summed E-state index contributed by atoms with van der Waals surface area (Å²) in [4.78, 5) is 2.59. The van der Waals surface area contributed by atoms with Crippen molar-refractivity contribution in [2.45, 2.75) is 44.6 Å². The minimum atomic E-state index is 0. The summed E-state index contributed by atoms with van der Waals surface area (Å²) < 4.78 is 0. The second kappa shape index (κ2) is 5.71. The number of likely N-dealkylation sites (tertiary alicyclic amines) is 1. The van der Waals surface area contributed by atoms with E-state index in [9.17, 15) is 10.2 Å². The van der Waals surface area contributed by atoms with Crippen LogP contribution in [0.3, 0.4) is 0 Å². The molecule has 3 nitrogen and oxygen atoms in total. The van der Waals surface area contributed by atoms with Gasteiger partial charge in [0.1, 0.15) is 0 Å². The molecule has 106 valence electrons. The van der Waals surface area contributed by atoms with Gasteiger partial charge in [-0.15, -0.1) is 17.0 Å². The predicted octanol–water partition coefficient (Wildman–Crippen LogP) is 3.19. The largest absolute Gasteiger partial charge is 0.504 e. The SMILES string of the molecule is Br.CCCN1CC[C@H]2c3ccc(O)c(O)c3CC[C@H]21. The average molecular weight is 328 g/mol. The molecule has 0 radical (unpaired) electrons. The third-order valence-corrected chi connectivity index (χ3v) is 4.56. The van der Waals surface area contributed by atoms with E-state index in [0.717, 1.165) is 18.4 Å². The zero-order valence-corrected chi connectivity index (χ0v) is 13.0. The standard InChI is InChI=1S/C15H21NO2.BrH/c1-2-8-16-9-7-11-10-4-6-14(17)15(18)12(10)3-5-13(11)16;/h4,6,11,13,17-18H,2-3,5,7-9H2,1H3;1H/t11-,13+;/m0./s1. The highest BCUT2D eigenvalue weighted by molar-refractivity contribution is 8.93. The first kappa shape index (κ1) is 14.7. The van der Waals surface area contributed by atoms with Gasteiger partial charge in [0.15, 0.2) is 11.5 Å². The van der Waals surface area contributed by atoms with Crippen LogP contribution in [0.5, 0.6) is 11.5 Å². The van der Waals surface area contributed by atoms with E-state index >= 15 is 0 Å². The minimum Gasteiger partial charge on any atom is -0.504 e. The molecule has 1 heterocycles. The molecule has 0 aromatic heterocycles. The number of hydrogen-bond acceptors (Lipinski definition) is 3. The maximum absolute atomic E-state index is 9.97. The average Bonchev–Trinajstić information content (AvgIpc) is 2.78. The van der Waals surface area contributed by atoms with Crippen molar-refractivity contribution in [2.75, 3.05) is 13.1 Å². The first-order valence-corrected chi connectivity index (χ1v) is 7.00. The van der Waals surface area contributed by atoms with Gasteiger partial charge in [-0.1, -0.05) is 13.0 Å². The van der Waals surface area contributed by atoms with E-state index in [4.69, 9.17) is 0 Å². The molecule has 1 saturated heterocycles. The summed E-state index contributed by atoms with van der Waals surface area (Å²) in [6.07, 6.45) is 4.38. The first-order valence-electron chi connectivity index (χ1n) is 7.00. The first-order chi connectivity index (χ1) is 8.72. The van der Waals surface area contributed by atoms with Gasteiger partial charge in [-0.05, 0) is 50.4 Å². The van der Waals surface area contributed by atoms with Crippen molar-refractivity contribution < 1.29 is 10.2 Å². The number of hydrogen-bond donors (Lipinski definition) is 2. The van der Waals surface area contributed by atoms with Crippen LogP contribution in [-0.2, 0) is 6.42 Å². The van der Waals surface area contributed by atoms with E-state index in [1.807, 2.05) is 6.07 Å². The van der Waals surface area contributed by atoms with Crippen molar-refractivity contribution in [1.82, 2.24) is 4.90 Å². The Labute approximate surface area is 125 Å². The second-order valence-corrected chi connectivity index (χ2v) is 5.54. The van der Waals surface area contributed by atoms with Gasteiger partial charge >= 0.3 is 0 Å². The quantitative estimate of drug-likeness (QED) is 0.820. The maximum atomic E-state index is 9.97. The number of phenols is 2.